The summed E-state index contributed by atoms with van der Waals surface area (Å²) in [5.74, 6) is -3.18. The first-order chi connectivity index (χ1) is 24.9. The number of benzene rings is 1. The lowest BCUT2D eigenvalue weighted by atomic mass is 9.78. The largest absolute Gasteiger partial charge is 0.449 e. The predicted molar refractivity (Wildman–Crippen MR) is 197 cm³/mol. The molecule has 0 spiro atoms. The molecule has 3 aliphatic rings. The van der Waals surface area contributed by atoms with Crippen molar-refractivity contribution in [2.24, 2.45) is 35.0 Å². The monoisotopic (exact) mass is 738 g/mol. The minimum absolute atomic E-state index is 0.106. The summed E-state index contributed by atoms with van der Waals surface area (Å²) < 4.78 is 5.34. The number of carbonyl (C=O) groups excluding carboxylic acids is 7. The topological polar surface area (TPSA) is 183 Å². The summed E-state index contributed by atoms with van der Waals surface area (Å²) in [7, 11) is 3.13. The molecular formula is C39H58N6O8. The quantitative estimate of drug-likeness (QED) is 0.198. The molecule has 14 nitrogen and oxygen atoms in total. The summed E-state index contributed by atoms with van der Waals surface area (Å²) in [5.41, 5.74) is -0.155. The van der Waals surface area contributed by atoms with Crippen LogP contribution in [0.4, 0.5) is 4.79 Å². The first-order valence-electron chi connectivity index (χ1n) is 18.9. The first-order valence-corrected chi connectivity index (χ1v) is 18.9. The molecule has 3 unspecified atom stereocenters. The second-order valence-corrected chi connectivity index (χ2v) is 16.5. The Morgan fingerprint density at radius 1 is 0.943 bits per heavy atom. The zero-order valence-electron chi connectivity index (χ0n) is 32.4. The van der Waals surface area contributed by atoms with Crippen LogP contribution in [0.2, 0.25) is 0 Å². The summed E-state index contributed by atoms with van der Waals surface area (Å²) >= 11 is 0. The fraction of sp³-hybridized carbons (Fsp3) is 0.667. The smallest absolute Gasteiger partial charge is 0.407 e. The Morgan fingerprint density at radius 2 is 1.60 bits per heavy atom. The van der Waals surface area contributed by atoms with Crippen molar-refractivity contribution in [2.45, 2.75) is 97.8 Å². The second kappa shape index (κ2) is 17.6. The summed E-state index contributed by atoms with van der Waals surface area (Å²) in [5, 5.41) is 10.5. The van der Waals surface area contributed by atoms with Crippen LogP contribution in [-0.4, -0.2) is 103 Å². The van der Waals surface area contributed by atoms with Crippen LogP contribution in [0.15, 0.2) is 30.3 Å². The molecule has 6 amide bonds. The van der Waals surface area contributed by atoms with Crippen LogP contribution in [0.1, 0.15) is 85.3 Å². The standard InChI is InChI=1S/C39H58N6O8/c1-9-13-27(32(47)35(49)40-19-28(46)42-30(36(50)44(7)8)23-14-11-10-12-15-23)41-34(48)31-29-25-17-16-24(18-25)26(29)20-45(31)37(51)33(39(4,5)6)43-38(52)53-21-22(2)3/h10-12,14-15,22,24-27,29-31,33H,9,13,16-21H2,1-8H3,(H,40,49)(H,41,48)(H,42,46)(H,43,52)/t24-,25?,26?,27-,29+,30?,31+,33-/m1/s1. The minimum Gasteiger partial charge on any atom is -0.449 e. The van der Waals surface area contributed by atoms with Crippen LogP contribution in [-0.2, 0) is 33.5 Å². The molecule has 0 aromatic heterocycles. The van der Waals surface area contributed by atoms with Gasteiger partial charge in [-0.2, -0.15) is 0 Å². The molecule has 1 aromatic carbocycles. The molecule has 4 N–H and O–H groups in total. The number of alkyl carbamates (subject to hydrolysis) is 1. The van der Waals surface area contributed by atoms with Gasteiger partial charge < -0.3 is 35.8 Å². The van der Waals surface area contributed by atoms with Crippen LogP contribution in [0.5, 0.6) is 0 Å². The Bertz CT molecular complexity index is 1530. The SMILES string of the molecule is CCC[C@@H](NC(=O)[C@@H]1[C@H]2C3CC[C@H](C3)C2CN1C(=O)[C@@H](NC(=O)OCC(C)C)C(C)(C)C)C(=O)C(=O)NCC(=O)NC(C(=O)N(C)C)c1ccccc1. The van der Waals surface area contributed by atoms with Crippen molar-refractivity contribution >= 4 is 41.4 Å². The molecule has 14 heteroatoms. The lowest BCUT2D eigenvalue weighted by Gasteiger charge is -2.37. The highest BCUT2D eigenvalue weighted by Gasteiger charge is 2.60. The molecule has 2 aliphatic carbocycles. The molecular weight excluding hydrogens is 680 g/mol. The number of amides is 6. The van der Waals surface area contributed by atoms with Crippen molar-refractivity contribution in [1.29, 1.82) is 0 Å². The molecule has 0 radical (unpaired) electrons. The average Bonchev–Trinajstić information content (AvgIpc) is 3.83. The minimum atomic E-state index is -1.19. The van der Waals surface area contributed by atoms with Crippen LogP contribution in [0.3, 0.4) is 0 Å². The van der Waals surface area contributed by atoms with Gasteiger partial charge in [-0.15, -0.1) is 0 Å². The van der Waals surface area contributed by atoms with Gasteiger partial charge in [-0.25, -0.2) is 4.79 Å². The third-order valence-corrected chi connectivity index (χ3v) is 10.7. The van der Waals surface area contributed by atoms with E-state index >= 15 is 0 Å². The van der Waals surface area contributed by atoms with Gasteiger partial charge in [0.1, 0.15) is 18.1 Å². The maximum atomic E-state index is 14.4. The van der Waals surface area contributed by atoms with E-state index < -0.39 is 71.6 Å². The fourth-order valence-electron chi connectivity index (χ4n) is 8.15. The van der Waals surface area contributed by atoms with Gasteiger partial charge in [0.25, 0.3) is 5.91 Å². The lowest BCUT2D eigenvalue weighted by molar-refractivity contribution is -0.145. The molecule has 292 valence electrons. The van der Waals surface area contributed by atoms with Gasteiger partial charge in [0.15, 0.2) is 0 Å². The normalized spacial score (nSPS) is 23.3. The molecule has 2 bridgehead atoms. The Morgan fingerprint density at radius 3 is 2.21 bits per heavy atom. The number of hydrogen-bond acceptors (Lipinski definition) is 8. The molecule has 1 aliphatic heterocycles. The van der Waals surface area contributed by atoms with Crippen molar-refractivity contribution in [1.82, 2.24) is 31.1 Å². The zero-order valence-corrected chi connectivity index (χ0v) is 32.4. The van der Waals surface area contributed by atoms with E-state index in [0.29, 0.717) is 24.4 Å². The van der Waals surface area contributed by atoms with E-state index in [9.17, 15) is 33.6 Å². The van der Waals surface area contributed by atoms with E-state index in [2.05, 4.69) is 21.3 Å². The van der Waals surface area contributed by atoms with E-state index in [1.807, 2.05) is 41.5 Å². The molecule has 1 heterocycles. The Balaban J connectivity index is 1.47. The van der Waals surface area contributed by atoms with E-state index in [4.69, 9.17) is 4.74 Å². The number of Topliss-reactive ketones (excluding diaryl/α,β-unsaturated/α-hetero) is 1. The summed E-state index contributed by atoms with van der Waals surface area (Å²) in [6, 6.07) is 4.61. The number of likely N-dealkylation sites (tertiary alicyclic amines) is 1. The highest BCUT2D eigenvalue weighted by Crippen LogP contribution is 2.57. The number of carbonyl (C=O) groups is 7. The molecule has 8 atom stereocenters. The number of rotatable bonds is 15. The number of likely N-dealkylation sites (N-methyl/N-ethyl adjacent to an activating group) is 1. The van der Waals surface area contributed by atoms with Crippen molar-refractivity contribution in [3.63, 3.8) is 0 Å². The summed E-state index contributed by atoms with van der Waals surface area (Å²) in [4.78, 5) is 96.8. The van der Waals surface area contributed by atoms with Crippen LogP contribution < -0.4 is 21.3 Å². The molecule has 4 rings (SSSR count). The third-order valence-electron chi connectivity index (χ3n) is 10.7. The van der Waals surface area contributed by atoms with Gasteiger partial charge in [-0.05, 0) is 66.3 Å². The van der Waals surface area contributed by atoms with Gasteiger partial charge in [0, 0.05) is 20.6 Å². The second-order valence-electron chi connectivity index (χ2n) is 16.5. The lowest BCUT2D eigenvalue weighted by Crippen LogP contribution is -2.60. The van der Waals surface area contributed by atoms with Crippen molar-refractivity contribution in [3.05, 3.63) is 35.9 Å². The van der Waals surface area contributed by atoms with Crippen LogP contribution in [0, 0.1) is 35.0 Å². The maximum Gasteiger partial charge on any atom is 0.407 e. The number of hydrogen-bond donors (Lipinski definition) is 4. The maximum absolute atomic E-state index is 14.4. The number of ether oxygens (including phenoxy) is 1. The van der Waals surface area contributed by atoms with Gasteiger partial charge in [-0.1, -0.05) is 78.3 Å². The van der Waals surface area contributed by atoms with Crippen LogP contribution >= 0.6 is 0 Å². The average molecular weight is 739 g/mol. The predicted octanol–water partition coefficient (Wildman–Crippen LogP) is 2.57. The molecule has 1 saturated heterocycles. The summed E-state index contributed by atoms with van der Waals surface area (Å²) in [6.07, 6.45) is 2.88. The highest BCUT2D eigenvalue weighted by molar-refractivity contribution is 6.38. The van der Waals surface area contributed by atoms with Crippen molar-refractivity contribution in [2.75, 3.05) is 33.8 Å². The fourth-order valence-corrected chi connectivity index (χ4v) is 8.15. The van der Waals surface area contributed by atoms with Gasteiger partial charge in [-0.3, -0.25) is 28.8 Å². The summed E-state index contributed by atoms with van der Waals surface area (Å²) in [6.45, 7) is 11.1. The first kappa shape index (κ1) is 41.3. The number of nitrogens with zero attached hydrogens (tertiary/aromatic N) is 2. The van der Waals surface area contributed by atoms with E-state index in [-0.39, 0.29) is 42.6 Å². The molecule has 1 aromatic rings. The van der Waals surface area contributed by atoms with E-state index in [1.165, 1.54) is 4.90 Å². The van der Waals surface area contributed by atoms with Crippen LogP contribution in [0.25, 0.3) is 0 Å². The van der Waals surface area contributed by atoms with Gasteiger partial charge >= 0.3 is 6.09 Å². The van der Waals surface area contributed by atoms with E-state index in [1.54, 1.807) is 49.3 Å². The number of ketones is 1. The van der Waals surface area contributed by atoms with E-state index in [0.717, 1.165) is 19.3 Å². The number of nitrogens with one attached hydrogen (secondary N) is 4. The Hall–Kier alpha value is -4.49. The zero-order chi connectivity index (χ0) is 39.2. The number of fused-ring (bicyclic) bond motifs is 5. The molecule has 53 heavy (non-hydrogen) atoms. The van der Waals surface area contributed by atoms with Crippen molar-refractivity contribution < 1.29 is 38.3 Å². The Labute approximate surface area is 312 Å². The highest BCUT2D eigenvalue weighted by atomic mass is 16.5. The molecule has 2 saturated carbocycles. The van der Waals surface area contributed by atoms with Gasteiger partial charge in [0.05, 0.1) is 19.2 Å². The van der Waals surface area contributed by atoms with Gasteiger partial charge in [0.2, 0.25) is 29.4 Å². The van der Waals surface area contributed by atoms with Crippen molar-refractivity contribution in [3.8, 4) is 0 Å². The third kappa shape index (κ3) is 9.94. The molecule has 3 fully saturated rings. The Kier molecular flexibility index (Phi) is 13.7.